The lowest BCUT2D eigenvalue weighted by Crippen LogP contribution is -2.43. The van der Waals surface area contributed by atoms with Crippen molar-refractivity contribution in [1.82, 2.24) is 14.8 Å². The van der Waals surface area contributed by atoms with Crippen LogP contribution in [0.4, 0.5) is 17.6 Å². The van der Waals surface area contributed by atoms with Crippen molar-refractivity contribution in [3.63, 3.8) is 0 Å². The minimum absolute atomic E-state index is 0.0154. The molecule has 1 fully saturated rings. The van der Waals surface area contributed by atoms with Crippen molar-refractivity contribution in [3.05, 3.63) is 101 Å². The van der Waals surface area contributed by atoms with Crippen molar-refractivity contribution >= 4 is 17.8 Å². The SMILES string of the molecule is C[C@@H](S[C@H]1CO[C@H](C=CC=Cc2ccc(C#N)cc2F)OC1)[C@](O)(Cn1cncn1)c1ccc(C(F)(F)F)cc1. The van der Waals surface area contributed by atoms with E-state index >= 15 is 0 Å². The minimum Gasteiger partial charge on any atom is -0.382 e. The highest BCUT2D eigenvalue weighted by Gasteiger charge is 2.40. The number of benzene rings is 2. The van der Waals surface area contributed by atoms with Gasteiger partial charge < -0.3 is 14.6 Å². The van der Waals surface area contributed by atoms with Crippen molar-refractivity contribution in [2.24, 2.45) is 0 Å². The summed E-state index contributed by atoms with van der Waals surface area (Å²) < 4.78 is 66.2. The van der Waals surface area contributed by atoms with Gasteiger partial charge in [-0.15, -0.1) is 11.8 Å². The van der Waals surface area contributed by atoms with Crippen molar-refractivity contribution in [3.8, 4) is 6.07 Å². The molecule has 12 heteroatoms. The van der Waals surface area contributed by atoms with E-state index in [1.807, 2.05) is 6.07 Å². The molecule has 0 radical (unpaired) electrons. The molecule has 40 heavy (non-hydrogen) atoms. The van der Waals surface area contributed by atoms with Crippen LogP contribution in [0.3, 0.4) is 0 Å². The van der Waals surface area contributed by atoms with Gasteiger partial charge in [-0.1, -0.05) is 43.4 Å². The molecule has 0 bridgehead atoms. The molecule has 2 heterocycles. The van der Waals surface area contributed by atoms with Crippen LogP contribution in [0.15, 0.2) is 73.3 Å². The molecule has 7 nitrogen and oxygen atoms in total. The van der Waals surface area contributed by atoms with E-state index in [4.69, 9.17) is 14.7 Å². The van der Waals surface area contributed by atoms with Crippen molar-refractivity contribution in [2.45, 2.75) is 42.0 Å². The molecule has 0 amide bonds. The van der Waals surface area contributed by atoms with Crippen LogP contribution < -0.4 is 0 Å². The first-order valence-electron chi connectivity index (χ1n) is 12.2. The predicted molar refractivity (Wildman–Crippen MR) is 141 cm³/mol. The van der Waals surface area contributed by atoms with Crippen molar-refractivity contribution in [1.29, 1.82) is 5.26 Å². The van der Waals surface area contributed by atoms with Gasteiger partial charge in [0.15, 0.2) is 6.29 Å². The number of hydrogen-bond acceptors (Lipinski definition) is 7. The third-order valence-electron chi connectivity index (χ3n) is 6.33. The van der Waals surface area contributed by atoms with E-state index in [0.29, 0.717) is 24.3 Å². The van der Waals surface area contributed by atoms with Crippen LogP contribution in [0.25, 0.3) is 6.08 Å². The molecular weight excluding hydrogens is 548 g/mol. The summed E-state index contributed by atoms with van der Waals surface area (Å²) in [6.45, 7) is 2.39. The summed E-state index contributed by atoms with van der Waals surface area (Å²) >= 11 is 1.40. The maximum Gasteiger partial charge on any atom is 0.416 e. The molecule has 210 valence electrons. The Hall–Kier alpha value is -3.50. The summed E-state index contributed by atoms with van der Waals surface area (Å²) in [6, 6.07) is 10.6. The third-order valence-corrected chi connectivity index (χ3v) is 7.78. The number of nitriles is 1. The Morgan fingerprint density at radius 2 is 1.85 bits per heavy atom. The maximum absolute atomic E-state index is 14.0. The third kappa shape index (κ3) is 7.37. The van der Waals surface area contributed by atoms with Crippen molar-refractivity contribution in [2.75, 3.05) is 13.2 Å². The van der Waals surface area contributed by atoms with Gasteiger partial charge in [-0.25, -0.2) is 14.1 Å². The predicted octanol–water partition coefficient (Wildman–Crippen LogP) is 5.33. The molecule has 2 atom stereocenters. The zero-order valence-corrected chi connectivity index (χ0v) is 22.1. The van der Waals surface area contributed by atoms with Gasteiger partial charge in [-0.05, 0) is 35.9 Å². The maximum atomic E-state index is 14.0. The summed E-state index contributed by atoms with van der Waals surface area (Å²) in [7, 11) is 0. The highest BCUT2D eigenvalue weighted by Crippen LogP contribution is 2.39. The normalized spacial score (nSPS) is 20.4. The monoisotopic (exact) mass is 574 g/mol. The molecule has 0 unspecified atom stereocenters. The van der Waals surface area contributed by atoms with Gasteiger partial charge in [0.1, 0.15) is 24.1 Å². The lowest BCUT2D eigenvalue weighted by molar-refractivity contribution is -0.146. The smallest absolute Gasteiger partial charge is 0.382 e. The summed E-state index contributed by atoms with van der Waals surface area (Å²) in [4.78, 5) is 3.89. The van der Waals surface area contributed by atoms with Gasteiger partial charge >= 0.3 is 6.18 Å². The number of alkyl halides is 3. The van der Waals surface area contributed by atoms with E-state index in [0.717, 1.165) is 12.1 Å². The Morgan fingerprint density at radius 3 is 2.45 bits per heavy atom. The average Bonchev–Trinajstić information content (AvgIpc) is 3.45. The van der Waals surface area contributed by atoms with Gasteiger partial charge in [0.25, 0.3) is 0 Å². The zero-order valence-electron chi connectivity index (χ0n) is 21.3. The average molecular weight is 575 g/mol. The van der Waals surface area contributed by atoms with Crippen LogP contribution in [-0.4, -0.2) is 49.9 Å². The van der Waals surface area contributed by atoms with Crippen molar-refractivity contribution < 1.29 is 32.1 Å². The van der Waals surface area contributed by atoms with E-state index in [9.17, 15) is 22.7 Å². The Kier molecular flexibility index (Phi) is 9.42. The Labute approximate surface area is 232 Å². The van der Waals surface area contributed by atoms with Crippen LogP contribution in [0.1, 0.15) is 29.2 Å². The molecular formula is C28H26F4N4O3S. The molecule has 3 aromatic rings. The zero-order chi connectivity index (χ0) is 28.8. The molecule has 1 saturated heterocycles. The van der Waals surface area contributed by atoms with Gasteiger partial charge in [-0.2, -0.15) is 23.5 Å². The highest BCUT2D eigenvalue weighted by atomic mass is 32.2. The van der Waals surface area contributed by atoms with Gasteiger partial charge in [0.05, 0.1) is 42.2 Å². The van der Waals surface area contributed by atoms with Crippen LogP contribution in [0.2, 0.25) is 0 Å². The molecule has 2 aromatic carbocycles. The number of thioether (sulfide) groups is 1. The molecule has 1 aliphatic rings. The largest absolute Gasteiger partial charge is 0.416 e. The van der Waals surface area contributed by atoms with Crippen LogP contribution >= 0.6 is 11.8 Å². The summed E-state index contributed by atoms with van der Waals surface area (Å²) in [6.07, 6.45) is 4.18. The second-order valence-corrected chi connectivity index (χ2v) is 10.8. The van der Waals surface area contributed by atoms with Crippen LogP contribution in [0.5, 0.6) is 0 Å². The molecule has 4 rings (SSSR count). The number of aromatic nitrogens is 3. The van der Waals surface area contributed by atoms with Gasteiger partial charge in [-0.3, -0.25) is 0 Å². The fraction of sp³-hybridized carbons (Fsp3) is 0.321. The molecule has 1 aliphatic heterocycles. The number of ether oxygens (including phenoxy) is 2. The number of rotatable bonds is 9. The number of hydrogen-bond donors (Lipinski definition) is 1. The topological polar surface area (TPSA) is 93.2 Å². The fourth-order valence-electron chi connectivity index (χ4n) is 4.10. The standard InChI is InChI=1S/C28H26F4N4O3S/c1-19(27(37,16-36-18-34-17-35-36)22-8-10-23(11-9-22)28(30,31)32)40-24-14-38-26(39-15-24)5-3-2-4-21-7-6-20(13-33)12-25(21)29/h2-12,17-19,24,26,37H,14-16H2,1H3/t19-,24-,26-,27-/m1/s1. The molecule has 1 aromatic heterocycles. The summed E-state index contributed by atoms with van der Waals surface area (Å²) in [5, 5.41) is 24.0. The second kappa shape index (κ2) is 12.8. The van der Waals surface area contributed by atoms with Crippen LogP contribution in [0, 0.1) is 17.1 Å². The van der Waals surface area contributed by atoms with Gasteiger partial charge in [0, 0.05) is 10.8 Å². The van der Waals surface area contributed by atoms with Gasteiger partial charge in [0.2, 0.25) is 0 Å². The first kappa shape index (κ1) is 29.5. The van der Waals surface area contributed by atoms with E-state index in [-0.39, 0.29) is 17.4 Å². The molecule has 1 N–H and O–H groups in total. The Morgan fingerprint density at radius 1 is 1.15 bits per heavy atom. The summed E-state index contributed by atoms with van der Waals surface area (Å²) in [5.41, 5.74) is -1.46. The number of aliphatic hydroxyl groups is 1. The Balaban J connectivity index is 1.36. The van der Waals surface area contributed by atoms with E-state index in [1.165, 1.54) is 59.4 Å². The minimum atomic E-state index is -4.49. The number of allylic oxidation sites excluding steroid dienone is 2. The van der Waals surface area contributed by atoms with E-state index in [1.54, 1.807) is 31.2 Å². The lowest BCUT2D eigenvalue weighted by atomic mass is 9.90. The quantitative estimate of drug-likeness (QED) is 0.273. The summed E-state index contributed by atoms with van der Waals surface area (Å²) in [5.74, 6) is -0.497. The fourth-order valence-corrected chi connectivity index (χ4v) is 5.43. The first-order valence-corrected chi connectivity index (χ1v) is 13.2. The first-order chi connectivity index (χ1) is 19.1. The second-order valence-electron chi connectivity index (χ2n) is 9.12. The molecule has 0 aliphatic carbocycles. The number of halogens is 4. The lowest BCUT2D eigenvalue weighted by Gasteiger charge is -2.37. The molecule has 0 spiro atoms. The van der Waals surface area contributed by atoms with E-state index in [2.05, 4.69) is 10.1 Å². The number of nitrogens with zero attached hydrogens (tertiary/aromatic N) is 4. The van der Waals surface area contributed by atoms with Crippen LogP contribution in [-0.2, 0) is 27.8 Å². The molecule has 0 saturated carbocycles. The van der Waals surface area contributed by atoms with E-state index < -0.39 is 34.7 Å². The Bertz CT molecular complexity index is 1370. The highest BCUT2D eigenvalue weighted by molar-refractivity contribution is 8.00.